The van der Waals surface area contributed by atoms with Gasteiger partial charge in [-0.2, -0.15) is 0 Å². The Morgan fingerprint density at radius 3 is 2.71 bits per heavy atom. The fraction of sp³-hybridized carbons (Fsp3) is 0.222. The Kier molecular flexibility index (Phi) is 3.01. The second-order valence-corrected chi connectivity index (χ2v) is 2.72. The molecule has 0 aliphatic heterocycles. The molecular weight excluding hydrogens is 190 g/mol. The number of hydrogen-bond donors (Lipinski definition) is 2. The third-order valence-corrected chi connectivity index (χ3v) is 1.65. The Labute approximate surface area is 79.9 Å². The lowest BCUT2D eigenvalue weighted by atomic mass is 10.1. The molecule has 0 aliphatic rings. The average Bonchev–Trinajstić information content (AvgIpc) is 2.11. The maximum absolute atomic E-state index is 13.2. The molecule has 0 aliphatic carbocycles. The van der Waals surface area contributed by atoms with Gasteiger partial charge >= 0.3 is 0 Å². The van der Waals surface area contributed by atoms with Gasteiger partial charge in [-0.15, -0.1) is 0 Å². The predicted octanol–water partition coefficient (Wildman–Crippen LogP) is 1.30. The van der Waals surface area contributed by atoms with Gasteiger partial charge in [0.2, 0.25) is 0 Å². The van der Waals surface area contributed by atoms with Crippen molar-refractivity contribution < 1.29 is 13.6 Å². The largest absolute Gasteiger partial charge is 0.396 e. The molecule has 76 valence electrons. The van der Waals surface area contributed by atoms with Crippen LogP contribution in [0.3, 0.4) is 0 Å². The van der Waals surface area contributed by atoms with Crippen LogP contribution in [-0.4, -0.2) is 12.5 Å². The molecule has 0 aromatic heterocycles. The van der Waals surface area contributed by atoms with E-state index in [1.807, 2.05) is 0 Å². The van der Waals surface area contributed by atoms with Gasteiger partial charge < -0.3 is 11.1 Å². The lowest BCUT2D eigenvalue weighted by Crippen LogP contribution is -2.24. The van der Waals surface area contributed by atoms with Gasteiger partial charge in [0.05, 0.1) is 11.3 Å². The third-order valence-electron chi connectivity index (χ3n) is 1.65. The van der Waals surface area contributed by atoms with E-state index >= 15 is 0 Å². The first-order valence-corrected chi connectivity index (χ1v) is 4.09. The summed E-state index contributed by atoms with van der Waals surface area (Å²) in [4.78, 5) is 11.2. The number of nitrogens with one attached hydrogen (secondary N) is 1. The predicted molar refractivity (Wildman–Crippen MR) is 48.8 cm³/mol. The second-order valence-electron chi connectivity index (χ2n) is 2.72. The first kappa shape index (κ1) is 10.4. The summed E-state index contributed by atoms with van der Waals surface area (Å²) in [7, 11) is 0. The number of nitrogen functional groups attached to an aromatic ring is 1. The number of anilines is 1. The lowest BCUT2D eigenvalue weighted by molar-refractivity contribution is 0.0951. The molecule has 0 atom stereocenters. The first-order chi connectivity index (χ1) is 6.56. The zero-order valence-corrected chi connectivity index (χ0v) is 7.60. The van der Waals surface area contributed by atoms with Crippen LogP contribution >= 0.6 is 0 Å². The summed E-state index contributed by atoms with van der Waals surface area (Å²) >= 11 is 0. The number of amides is 1. The van der Waals surface area contributed by atoms with Crippen LogP contribution in [0.2, 0.25) is 0 Å². The number of rotatable bonds is 2. The van der Waals surface area contributed by atoms with Gasteiger partial charge in [-0.1, -0.05) is 0 Å². The summed E-state index contributed by atoms with van der Waals surface area (Å²) in [6.45, 7) is 2.02. The van der Waals surface area contributed by atoms with E-state index in [-0.39, 0.29) is 11.3 Å². The molecule has 3 N–H and O–H groups in total. The number of carbonyl (C=O) groups excluding carboxylic acids is 1. The minimum atomic E-state index is -0.891. The van der Waals surface area contributed by atoms with Crippen molar-refractivity contribution in [3.63, 3.8) is 0 Å². The van der Waals surface area contributed by atoms with Crippen LogP contribution < -0.4 is 11.1 Å². The molecule has 0 bridgehead atoms. The number of nitrogens with two attached hydrogens (primary N) is 1. The van der Waals surface area contributed by atoms with Crippen molar-refractivity contribution in [3.05, 3.63) is 29.3 Å². The zero-order chi connectivity index (χ0) is 10.7. The summed E-state index contributed by atoms with van der Waals surface area (Å²) < 4.78 is 26.0. The monoisotopic (exact) mass is 200 g/mol. The van der Waals surface area contributed by atoms with Crippen LogP contribution in [0.1, 0.15) is 17.3 Å². The molecule has 0 heterocycles. The van der Waals surface area contributed by atoms with Crippen LogP contribution in [0.4, 0.5) is 14.5 Å². The van der Waals surface area contributed by atoms with Crippen molar-refractivity contribution in [1.29, 1.82) is 0 Å². The number of halogens is 2. The standard InChI is InChI=1S/C9H10F2N2O/c1-2-13-9(14)6-3-5(10)4-7(12)8(6)11/h3-4H,2,12H2,1H3,(H,13,14). The summed E-state index contributed by atoms with van der Waals surface area (Å²) in [5, 5.41) is 2.36. The highest BCUT2D eigenvalue weighted by atomic mass is 19.1. The van der Waals surface area contributed by atoms with E-state index in [1.165, 1.54) is 0 Å². The Hall–Kier alpha value is -1.65. The Balaban J connectivity index is 3.13. The molecule has 3 nitrogen and oxygen atoms in total. The van der Waals surface area contributed by atoms with Crippen molar-refractivity contribution in [2.45, 2.75) is 6.92 Å². The summed E-state index contributed by atoms with van der Waals surface area (Å²) in [6.07, 6.45) is 0. The van der Waals surface area contributed by atoms with Crippen molar-refractivity contribution in [3.8, 4) is 0 Å². The van der Waals surface area contributed by atoms with Gasteiger partial charge in [0.1, 0.15) is 5.82 Å². The summed E-state index contributed by atoms with van der Waals surface area (Å²) in [6, 6.07) is 1.65. The Morgan fingerprint density at radius 1 is 1.50 bits per heavy atom. The molecule has 0 unspecified atom stereocenters. The number of benzene rings is 1. The molecular formula is C9H10F2N2O. The maximum atomic E-state index is 13.2. The van der Waals surface area contributed by atoms with Crippen LogP contribution in [0.25, 0.3) is 0 Å². The van der Waals surface area contributed by atoms with Gasteiger partial charge in [0.15, 0.2) is 5.82 Å². The molecule has 0 fully saturated rings. The van der Waals surface area contributed by atoms with Gasteiger partial charge in [-0.05, 0) is 19.1 Å². The Bertz CT molecular complexity index is 366. The fourth-order valence-corrected chi connectivity index (χ4v) is 1.03. The SMILES string of the molecule is CCNC(=O)c1cc(F)cc(N)c1F. The van der Waals surface area contributed by atoms with E-state index in [0.29, 0.717) is 6.54 Å². The summed E-state index contributed by atoms with van der Waals surface area (Å²) in [5.41, 5.74) is 4.42. The molecule has 0 saturated heterocycles. The molecule has 0 saturated carbocycles. The highest BCUT2D eigenvalue weighted by molar-refractivity contribution is 5.95. The maximum Gasteiger partial charge on any atom is 0.254 e. The molecule has 1 aromatic rings. The summed E-state index contributed by atoms with van der Waals surface area (Å²) in [5.74, 6) is -2.29. The highest BCUT2D eigenvalue weighted by Gasteiger charge is 2.14. The van der Waals surface area contributed by atoms with Gasteiger partial charge in [0.25, 0.3) is 5.91 Å². The van der Waals surface area contributed by atoms with E-state index in [4.69, 9.17) is 5.73 Å². The molecule has 14 heavy (non-hydrogen) atoms. The quantitative estimate of drug-likeness (QED) is 0.707. The second kappa shape index (κ2) is 4.04. The minimum absolute atomic E-state index is 0.342. The zero-order valence-electron chi connectivity index (χ0n) is 7.60. The van der Waals surface area contributed by atoms with Gasteiger partial charge in [0, 0.05) is 6.54 Å². The molecule has 5 heteroatoms. The lowest BCUT2D eigenvalue weighted by Gasteiger charge is -2.05. The van der Waals surface area contributed by atoms with Crippen LogP contribution in [0.5, 0.6) is 0 Å². The van der Waals surface area contributed by atoms with Crippen LogP contribution in [0, 0.1) is 11.6 Å². The van der Waals surface area contributed by atoms with E-state index in [9.17, 15) is 13.6 Å². The molecule has 0 spiro atoms. The molecule has 1 aromatic carbocycles. The highest BCUT2D eigenvalue weighted by Crippen LogP contribution is 2.17. The number of hydrogen-bond acceptors (Lipinski definition) is 2. The van der Waals surface area contributed by atoms with Gasteiger partial charge in [-0.25, -0.2) is 8.78 Å². The number of carbonyl (C=O) groups is 1. The van der Waals surface area contributed by atoms with Crippen LogP contribution in [0.15, 0.2) is 12.1 Å². The Morgan fingerprint density at radius 2 is 2.14 bits per heavy atom. The van der Waals surface area contributed by atoms with E-state index in [0.717, 1.165) is 12.1 Å². The topological polar surface area (TPSA) is 55.1 Å². The van der Waals surface area contributed by atoms with Crippen molar-refractivity contribution in [1.82, 2.24) is 5.32 Å². The minimum Gasteiger partial charge on any atom is -0.396 e. The average molecular weight is 200 g/mol. The van der Waals surface area contributed by atoms with E-state index in [2.05, 4.69) is 5.32 Å². The normalized spacial score (nSPS) is 9.93. The van der Waals surface area contributed by atoms with Crippen LogP contribution in [-0.2, 0) is 0 Å². The fourth-order valence-electron chi connectivity index (χ4n) is 1.03. The smallest absolute Gasteiger partial charge is 0.254 e. The van der Waals surface area contributed by atoms with Gasteiger partial charge in [-0.3, -0.25) is 4.79 Å². The van der Waals surface area contributed by atoms with E-state index in [1.54, 1.807) is 6.92 Å². The molecule has 1 rings (SSSR count). The molecule has 0 radical (unpaired) electrons. The van der Waals surface area contributed by atoms with Crippen molar-refractivity contribution in [2.75, 3.05) is 12.3 Å². The van der Waals surface area contributed by atoms with Crippen molar-refractivity contribution in [2.24, 2.45) is 0 Å². The van der Waals surface area contributed by atoms with E-state index < -0.39 is 17.5 Å². The first-order valence-electron chi connectivity index (χ1n) is 4.09. The van der Waals surface area contributed by atoms with Crippen molar-refractivity contribution >= 4 is 11.6 Å². The third kappa shape index (κ3) is 1.99. The molecule has 1 amide bonds.